The van der Waals surface area contributed by atoms with E-state index in [2.05, 4.69) is 48.3 Å². The first-order chi connectivity index (χ1) is 12.6. The second kappa shape index (κ2) is 7.67. The van der Waals surface area contributed by atoms with Crippen LogP contribution in [-0.4, -0.2) is 48.3 Å². The Morgan fingerprint density at radius 1 is 1.12 bits per heavy atom. The van der Waals surface area contributed by atoms with Crippen molar-refractivity contribution in [2.45, 2.75) is 70.6 Å². The van der Waals surface area contributed by atoms with Crippen molar-refractivity contribution in [1.29, 1.82) is 0 Å². The van der Waals surface area contributed by atoms with Gasteiger partial charge in [0.25, 0.3) is 0 Å². The molecule has 0 aromatic heterocycles. The van der Waals surface area contributed by atoms with Crippen molar-refractivity contribution in [3.8, 4) is 0 Å². The van der Waals surface area contributed by atoms with Crippen LogP contribution in [0, 0.1) is 5.92 Å². The van der Waals surface area contributed by atoms with Crippen molar-refractivity contribution in [2.24, 2.45) is 5.92 Å². The van der Waals surface area contributed by atoms with Gasteiger partial charge in [0.1, 0.15) is 0 Å². The maximum atomic E-state index is 12.6. The van der Waals surface area contributed by atoms with Crippen LogP contribution < -0.4 is 5.32 Å². The lowest BCUT2D eigenvalue weighted by Gasteiger charge is -2.35. The maximum absolute atomic E-state index is 12.6. The third kappa shape index (κ3) is 3.95. The minimum absolute atomic E-state index is 0.0434. The smallest absolute Gasteiger partial charge is 0.226 e. The molecule has 5 heteroatoms. The Hall–Kier alpha value is -1.43. The Morgan fingerprint density at radius 3 is 2.50 bits per heavy atom. The van der Waals surface area contributed by atoms with Gasteiger partial charge in [-0.2, -0.15) is 0 Å². The standard InChI is InChI=1S/C21H30N2O3/c1-14-11-23(12-15(2)25-14)13-17-6-4-3-5-16(17)10-22-21(24)19-9-18-7-8-20(19)26-18/h3-6,14-15,18-20H,7-13H2,1-2H3,(H,22,24). The van der Waals surface area contributed by atoms with Crippen LogP contribution in [0.25, 0.3) is 0 Å². The molecule has 5 atom stereocenters. The van der Waals surface area contributed by atoms with Crippen molar-refractivity contribution in [1.82, 2.24) is 10.2 Å². The van der Waals surface area contributed by atoms with E-state index in [0.717, 1.165) is 38.9 Å². The van der Waals surface area contributed by atoms with Crippen LogP contribution in [0.2, 0.25) is 0 Å². The summed E-state index contributed by atoms with van der Waals surface area (Å²) >= 11 is 0. The number of fused-ring (bicyclic) bond motifs is 2. The van der Waals surface area contributed by atoms with E-state index in [0.29, 0.717) is 12.6 Å². The zero-order valence-electron chi connectivity index (χ0n) is 15.8. The van der Waals surface area contributed by atoms with E-state index >= 15 is 0 Å². The first kappa shape index (κ1) is 18.0. The summed E-state index contributed by atoms with van der Waals surface area (Å²) in [6.45, 7) is 7.67. The van der Waals surface area contributed by atoms with Gasteiger partial charge in [-0.15, -0.1) is 0 Å². The molecule has 1 aromatic carbocycles. The summed E-state index contributed by atoms with van der Waals surface area (Å²) in [5, 5.41) is 3.16. The topological polar surface area (TPSA) is 50.8 Å². The zero-order chi connectivity index (χ0) is 18.1. The van der Waals surface area contributed by atoms with E-state index in [1.807, 2.05) is 0 Å². The Bertz CT molecular complexity index is 640. The van der Waals surface area contributed by atoms with E-state index in [9.17, 15) is 4.79 Å². The average Bonchev–Trinajstić information content (AvgIpc) is 3.23. The molecule has 2 bridgehead atoms. The Kier molecular flexibility index (Phi) is 5.30. The fourth-order valence-electron chi connectivity index (χ4n) is 4.77. The molecule has 1 N–H and O–H groups in total. The summed E-state index contributed by atoms with van der Waals surface area (Å²) in [7, 11) is 0. The summed E-state index contributed by atoms with van der Waals surface area (Å²) in [4.78, 5) is 15.0. The molecule has 0 spiro atoms. The highest BCUT2D eigenvalue weighted by Gasteiger charge is 2.44. The number of morpholine rings is 1. The molecule has 26 heavy (non-hydrogen) atoms. The largest absolute Gasteiger partial charge is 0.374 e. The predicted octanol–water partition coefficient (Wildman–Crippen LogP) is 2.48. The lowest BCUT2D eigenvalue weighted by molar-refractivity contribution is -0.126. The van der Waals surface area contributed by atoms with E-state index in [-0.39, 0.29) is 30.1 Å². The quantitative estimate of drug-likeness (QED) is 0.879. The summed E-state index contributed by atoms with van der Waals surface area (Å²) in [6.07, 6.45) is 4.04. The molecule has 142 valence electrons. The molecule has 4 rings (SSSR count). The average molecular weight is 358 g/mol. The summed E-state index contributed by atoms with van der Waals surface area (Å²) in [5.74, 6) is 0.197. The summed E-state index contributed by atoms with van der Waals surface area (Å²) in [6, 6.07) is 8.43. The number of carbonyl (C=O) groups is 1. The highest BCUT2D eigenvalue weighted by Crippen LogP contribution is 2.38. The monoisotopic (exact) mass is 358 g/mol. The molecule has 3 heterocycles. The van der Waals surface area contributed by atoms with E-state index in [1.54, 1.807) is 0 Å². The second-order valence-electron chi connectivity index (χ2n) is 8.15. The number of hydrogen-bond acceptors (Lipinski definition) is 4. The Balaban J connectivity index is 1.36. The van der Waals surface area contributed by atoms with Crippen LogP contribution >= 0.6 is 0 Å². The highest BCUT2D eigenvalue weighted by molar-refractivity contribution is 5.79. The third-order valence-electron chi connectivity index (χ3n) is 5.90. The third-order valence-corrected chi connectivity index (χ3v) is 5.90. The lowest BCUT2D eigenvalue weighted by Crippen LogP contribution is -2.45. The van der Waals surface area contributed by atoms with Crippen molar-refractivity contribution >= 4 is 5.91 Å². The fraction of sp³-hybridized carbons (Fsp3) is 0.667. The van der Waals surface area contributed by atoms with Gasteiger partial charge in [0.2, 0.25) is 5.91 Å². The van der Waals surface area contributed by atoms with Crippen LogP contribution in [0.15, 0.2) is 24.3 Å². The number of hydrogen-bond donors (Lipinski definition) is 1. The Labute approximate surface area is 156 Å². The number of rotatable bonds is 5. The van der Waals surface area contributed by atoms with E-state index in [1.165, 1.54) is 11.1 Å². The molecular weight excluding hydrogens is 328 g/mol. The van der Waals surface area contributed by atoms with Crippen molar-refractivity contribution < 1.29 is 14.3 Å². The fourth-order valence-corrected chi connectivity index (χ4v) is 4.77. The number of ether oxygens (including phenoxy) is 2. The molecule has 3 fully saturated rings. The molecule has 0 aliphatic carbocycles. The number of carbonyl (C=O) groups excluding carboxylic acids is 1. The van der Waals surface area contributed by atoms with Crippen LogP contribution in [0.4, 0.5) is 0 Å². The van der Waals surface area contributed by atoms with Gasteiger partial charge in [-0.3, -0.25) is 9.69 Å². The minimum atomic E-state index is 0.0434. The van der Waals surface area contributed by atoms with Gasteiger partial charge in [-0.05, 0) is 44.2 Å². The number of nitrogens with zero attached hydrogens (tertiary/aromatic N) is 1. The van der Waals surface area contributed by atoms with Crippen LogP contribution in [0.3, 0.4) is 0 Å². The first-order valence-electron chi connectivity index (χ1n) is 9.96. The number of nitrogens with one attached hydrogen (secondary N) is 1. The second-order valence-corrected chi connectivity index (χ2v) is 8.15. The van der Waals surface area contributed by atoms with Gasteiger partial charge in [0.15, 0.2) is 0 Å². The maximum Gasteiger partial charge on any atom is 0.226 e. The molecule has 1 aromatic rings. The molecule has 5 unspecified atom stereocenters. The molecular formula is C21H30N2O3. The van der Waals surface area contributed by atoms with E-state index < -0.39 is 0 Å². The van der Waals surface area contributed by atoms with Gasteiger partial charge in [-0.25, -0.2) is 0 Å². The van der Waals surface area contributed by atoms with Gasteiger partial charge < -0.3 is 14.8 Å². The van der Waals surface area contributed by atoms with Crippen molar-refractivity contribution in [2.75, 3.05) is 13.1 Å². The number of amides is 1. The van der Waals surface area contributed by atoms with Crippen LogP contribution in [0.5, 0.6) is 0 Å². The lowest BCUT2D eigenvalue weighted by atomic mass is 9.88. The molecule has 5 nitrogen and oxygen atoms in total. The molecule has 3 aliphatic rings. The summed E-state index contributed by atoms with van der Waals surface area (Å²) in [5.41, 5.74) is 2.50. The first-order valence-corrected chi connectivity index (χ1v) is 9.96. The molecule has 0 saturated carbocycles. The predicted molar refractivity (Wildman–Crippen MR) is 99.6 cm³/mol. The van der Waals surface area contributed by atoms with Gasteiger partial charge in [0.05, 0.1) is 30.3 Å². The molecule has 1 amide bonds. The normalized spacial score (nSPS) is 34.2. The summed E-state index contributed by atoms with van der Waals surface area (Å²) < 4.78 is 11.7. The minimum Gasteiger partial charge on any atom is -0.374 e. The SMILES string of the molecule is CC1CN(Cc2ccccc2CNC(=O)C2CC3CCC2O3)CC(C)O1. The molecule has 0 radical (unpaired) electrons. The van der Waals surface area contributed by atoms with Gasteiger partial charge in [-0.1, -0.05) is 24.3 Å². The molecule has 3 aliphatic heterocycles. The molecule has 3 saturated heterocycles. The van der Waals surface area contributed by atoms with Crippen molar-refractivity contribution in [3.05, 3.63) is 35.4 Å². The number of benzene rings is 1. The van der Waals surface area contributed by atoms with E-state index in [4.69, 9.17) is 9.47 Å². The van der Waals surface area contributed by atoms with Gasteiger partial charge in [0, 0.05) is 26.2 Å². The van der Waals surface area contributed by atoms with Crippen LogP contribution in [-0.2, 0) is 27.4 Å². The van der Waals surface area contributed by atoms with Gasteiger partial charge >= 0.3 is 0 Å². The zero-order valence-corrected chi connectivity index (χ0v) is 15.8. The highest BCUT2D eigenvalue weighted by atomic mass is 16.5. The van der Waals surface area contributed by atoms with Crippen LogP contribution in [0.1, 0.15) is 44.2 Å². The van der Waals surface area contributed by atoms with Crippen molar-refractivity contribution in [3.63, 3.8) is 0 Å². The Morgan fingerprint density at radius 2 is 1.85 bits per heavy atom.